The summed E-state index contributed by atoms with van der Waals surface area (Å²) in [7, 11) is 1.61. The second-order valence-electron chi connectivity index (χ2n) is 6.21. The van der Waals surface area contributed by atoms with Crippen LogP contribution >= 0.6 is 0 Å². The third kappa shape index (κ3) is 3.67. The van der Waals surface area contributed by atoms with Crippen molar-refractivity contribution in [2.45, 2.75) is 19.3 Å². The first-order valence-corrected chi connectivity index (χ1v) is 8.43. The number of piperidine rings is 1. The van der Waals surface area contributed by atoms with Crippen LogP contribution in [0.25, 0.3) is 0 Å². The Hall–Kier alpha value is -2.14. The molecule has 0 aromatic heterocycles. The lowest BCUT2D eigenvalue weighted by atomic mass is 9.88. The van der Waals surface area contributed by atoms with E-state index < -0.39 is 0 Å². The third-order valence-electron chi connectivity index (χ3n) is 4.77. The summed E-state index contributed by atoms with van der Waals surface area (Å²) in [4.78, 5) is 26.9. The van der Waals surface area contributed by atoms with Gasteiger partial charge >= 0.3 is 0 Å². The van der Waals surface area contributed by atoms with Gasteiger partial charge in [0.15, 0.2) is 5.78 Å². The zero-order valence-corrected chi connectivity index (χ0v) is 14.0. The van der Waals surface area contributed by atoms with Crippen LogP contribution in [0.2, 0.25) is 0 Å². The lowest BCUT2D eigenvalue weighted by Crippen LogP contribution is -2.41. The largest absolute Gasteiger partial charge is 0.497 e. The minimum atomic E-state index is -0.00823. The minimum Gasteiger partial charge on any atom is -0.497 e. The molecular weight excluding hydrogens is 306 g/mol. The van der Waals surface area contributed by atoms with E-state index in [1.807, 2.05) is 35.2 Å². The van der Waals surface area contributed by atoms with Crippen LogP contribution in [0.5, 0.6) is 5.75 Å². The van der Waals surface area contributed by atoms with E-state index in [4.69, 9.17) is 9.47 Å². The molecule has 2 aliphatic rings. The molecular formula is C19H23NO4. The second-order valence-corrected chi connectivity index (χ2v) is 6.21. The van der Waals surface area contributed by atoms with Crippen LogP contribution < -0.4 is 4.74 Å². The Bertz CT molecular complexity index is 627. The molecule has 1 aromatic rings. The zero-order valence-electron chi connectivity index (χ0n) is 14.0. The van der Waals surface area contributed by atoms with Crippen molar-refractivity contribution in [1.82, 2.24) is 4.90 Å². The number of hydrogen-bond acceptors (Lipinski definition) is 4. The summed E-state index contributed by atoms with van der Waals surface area (Å²) in [5.74, 6) is 1.01. The quantitative estimate of drug-likeness (QED) is 0.796. The Morgan fingerprint density at radius 2 is 1.88 bits per heavy atom. The molecule has 0 N–H and O–H groups in total. The van der Waals surface area contributed by atoms with E-state index in [9.17, 15) is 9.59 Å². The molecule has 0 atom stereocenters. The van der Waals surface area contributed by atoms with Crippen LogP contribution in [0.3, 0.4) is 0 Å². The molecule has 128 valence electrons. The number of amides is 1. The Balaban J connectivity index is 1.56. The predicted octanol–water partition coefficient (Wildman–Crippen LogP) is 2.46. The molecule has 2 aliphatic heterocycles. The highest BCUT2D eigenvalue weighted by Crippen LogP contribution is 2.24. The van der Waals surface area contributed by atoms with E-state index in [-0.39, 0.29) is 17.6 Å². The molecule has 3 rings (SSSR count). The average Bonchev–Trinajstić information content (AvgIpc) is 2.68. The number of carbonyl (C=O) groups excluding carboxylic acids is 2. The van der Waals surface area contributed by atoms with Gasteiger partial charge in [0.2, 0.25) is 5.91 Å². The van der Waals surface area contributed by atoms with Crippen molar-refractivity contribution in [3.8, 4) is 5.75 Å². The van der Waals surface area contributed by atoms with E-state index in [1.165, 1.54) is 0 Å². The Morgan fingerprint density at radius 3 is 2.46 bits per heavy atom. The van der Waals surface area contributed by atoms with Crippen molar-refractivity contribution in [1.29, 1.82) is 0 Å². The van der Waals surface area contributed by atoms with Crippen LogP contribution in [0, 0.1) is 5.92 Å². The van der Waals surface area contributed by atoms with Gasteiger partial charge in [-0.15, -0.1) is 0 Å². The third-order valence-corrected chi connectivity index (χ3v) is 4.77. The molecule has 0 saturated carbocycles. The number of methoxy groups -OCH3 is 1. The van der Waals surface area contributed by atoms with Gasteiger partial charge in [-0.05, 0) is 37.1 Å². The van der Waals surface area contributed by atoms with E-state index in [1.54, 1.807) is 7.11 Å². The van der Waals surface area contributed by atoms with E-state index >= 15 is 0 Å². The molecule has 0 bridgehead atoms. The van der Waals surface area contributed by atoms with Gasteiger partial charge in [-0.1, -0.05) is 6.08 Å². The molecule has 0 unspecified atom stereocenters. The highest BCUT2D eigenvalue weighted by Gasteiger charge is 2.29. The number of benzene rings is 1. The van der Waals surface area contributed by atoms with Crippen LogP contribution in [-0.4, -0.2) is 50.0 Å². The monoisotopic (exact) mass is 329 g/mol. The van der Waals surface area contributed by atoms with Crippen LogP contribution in [-0.2, 0) is 9.53 Å². The van der Waals surface area contributed by atoms with E-state index in [0.717, 1.165) is 24.2 Å². The maximum Gasteiger partial charge on any atom is 0.249 e. The summed E-state index contributed by atoms with van der Waals surface area (Å²) >= 11 is 0. The predicted molar refractivity (Wildman–Crippen MR) is 90.1 cm³/mol. The van der Waals surface area contributed by atoms with Gasteiger partial charge in [0.05, 0.1) is 20.3 Å². The maximum absolute atomic E-state index is 12.6. The lowest BCUT2D eigenvalue weighted by Gasteiger charge is -2.32. The van der Waals surface area contributed by atoms with Crippen LogP contribution in [0.15, 0.2) is 35.9 Å². The topological polar surface area (TPSA) is 55.8 Å². The van der Waals surface area contributed by atoms with Gasteiger partial charge in [0.1, 0.15) is 5.75 Å². The Labute approximate surface area is 142 Å². The van der Waals surface area contributed by atoms with E-state index in [0.29, 0.717) is 38.3 Å². The van der Waals surface area contributed by atoms with Gasteiger partial charge in [0, 0.05) is 36.6 Å². The molecule has 0 radical (unpaired) electrons. The molecule has 1 aromatic carbocycles. The lowest BCUT2D eigenvalue weighted by molar-refractivity contribution is -0.128. The van der Waals surface area contributed by atoms with Crippen LogP contribution in [0.1, 0.15) is 29.6 Å². The van der Waals surface area contributed by atoms with E-state index in [2.05, 4.69) is 0 Å². The standard InChI is InChI=1S/C19H23NO4/c1-23-17-4-2-14(3-5-17)18(21)15-6-10-20(11-7-15)19(22)16-8-12-24-13-9-16/h2-5,8,15H,6-7,9-13H2,1H3. The summed E-state index contributed by atoms with van der Waals surface area (Å²) in [5.41, 5.74) is 1.56. The molecule has 24 heavy (non-hydrogen) atoms. The average molecular weight is 329 g/mol. The Kier molecular flexibility index (Phi) is 5.30. The summed E-state index contributed by atoms with van der Waals surface area (Å²) < 4.78 is 10.4. The van der Waals surface area contributed by atoms with Crippen molar-refractivity contribution in [2.75, 3.05) is 33.4 Å². The fourth-order valence-electron chi connectivity index (χ4n) is 3.26. The minimum absolute atomic E-state index is 0.00823. The second kappa shape index (κ2) is 7.62. The smallest absolute Gasteiger partial charge is 0.249 e. The molecule has 1 fully saturated rings. The highest BCUT2D eigenvalue weighted by molar-refractivity contribution is 5.98. The summed E-state index contributed by atoms with van der Waals surface area (Å²) in [6.07, 6.45) is 4.00. The summed E-state index contributed by atoms with van der Waals surface area (Å²) in [5, 5.41) is 0. The molecule has 5 heteroatoms. The normalized spacial score (nSPS) is 18.9. The van der Waals surface area contributed by atoms with Crippen molar-refractivity contribution < 1.29 is 19.1 Å². The number of nitrogens with zero attached hydrogens (tertiary/aromatic N) is 1. The number of carbonyl (C=O) groups is 2. The molecule has 1 amide bonds. The summed E-state index contributed by atoms with van der Waals surface area (Å²) in [6.45, 7) is 2.42. The van der Waals surface area contributed by atoms with Crippen LogP contribution in [0.4, 0.5) is 0 Å². The molecule has 1 saturated heterocycles. The number of hydrogen-bond donors (Lipinski definition) is 0. The number of Topliss-reactive ketones (excluding diaryl/α,β-unsaturated/α-hetero) is 1. The Morgan fingerprint density at radius 1 is 1.17 bits per heavy atom. The maximum atomic E-state index is 12.6. The van der Waals surface area contributed by atoms with Gasteiger partial charge in [0.25, 0.3) is 0 Å². The van der Waals surface area contributed by atoms with Crippen molar-refractivity contribution >= 4 is 11.7 Å². The fraction of sp³-hybridized carbons (Fsp3) is 0.474. The highest BCUT2D eigenvalue weighted by atomic mass is 16.5. The summed E-state index contributed by atoms with van der Waals surface area (Å²) in [6, 6.07) is 7.24. The number of ketones is 1. The molecule has 0 aliphatic carbocycles. The number of likely N-dealkylation sites (tertiary alicyclic amines) is 1. The zero-order chi connectivity index (χ0) is 16.9. The van der Waals surface area contributed by atoms with Gasteiger partial charge < -0.3 is 14.4 Å². The molecule has 2 heterocycles. The van der Waals surface area contributed by atoms with Gasteiger partial charge in [-0.3, -0.25) is 9.59 Å². The first kappa shape index (κ1) is 16.7. The van der Waals surface area contributed by atoms with Gasteiger partial charge in [-0.25, -0.2) is 0 Å². The molecule has 5 nitrogen and oxygen atoms in total. The number of rotatable bonds is 4. The molecule has 0 spiro atoms. The van der Waals surface area contributed by atoms with Crippen molar-refractivity contribution in [2.24, 2.45) is 5.92 Å². The first-order chi connectivity index (χ1) is 11.7. The van der Waals surface area contributed by atoms with Gasteiger partial charge in [-0.2, -0.15) is 0 Å². The van der Waals surface area contributed by atoms with Crippen molar-refractivity contribution in [3.63, 3.8) is 0 Å². The fourth-order valence-corrected chi connectivity index (χ4v) is 3.26. The first-order valence-electron chi connectivity index (χ1n) is 8.43. The number of ether oxygens (including phenoxy) is 2. The van der Waals surface area contributed by atoms with Crippen molar-refractivity contribution in [3.05, 3.63) is 41.5 Å². The SMILES string of the molecule is COc1ccc(C(=O)C2CCN(C(=O)C3=CCOCC3)CC2)cc1.